The molecule has 1 fully saturated rings. The van der Waals surface area contributed by atoms with Crippen molar-refractivity contribution < 1.29 is 4.79 Å². The second-order valence-electron chi connectivity index (χ2n) is 5.88. The monoisotopic (exact) mass is 309 g/mol. The molecule has 0 saturated carbocycles. The van der Waals surface area contributed by atoms with Gasteiger partial charge in [0.05, 0.1) is 0 Å². The van der Waals surface area contributed by atoms with E-state index in [1.54, 1.807) is 0 Å². The summed E-state index contributed by atoms with van der Waals surface area (Å²) in [5.41, 5.74) is 2.47. The number of rotatable bonds is 6. The van der Waals surface area contributed by atoms with Crippen molar-refractivity contribution in [3.8, 4) is 0 Å². The van der Waals surface area contributed by atoms with Gasteiger partial charge in [0.25, 0.3) is 5.91 Å². The molecular weight excluding hydrogens is 286 g/mol. The van der Waals surface area contributed by atoms with Crippen molar-refractivity contribution in [1.82, 2.24) is 4.90 Å². The van der Waals surface area contributed by atoms with Crippen LogP contribution in [-0.4, -0.2) is 37.0 Å². The first-order valence-electron chi connectivity index (χ1n) is 8.24. The molecule has 1 heterocycles. The fourth-order valence-corrected chi connectivity index (χ4v) is 2.86. The number of nitrogens with zero attached hydrogens (tertiary/aromatic N) is 1. The van der Waals surface area contributed by atoms with Crippen molar-refractivity contribution in [1.29, 1.82) is 0 Å². The average Bonchev–Trinajstić information content (AvgIpc) is 3.09. The van der Waals surface area contributed by atoms with Gasteiger partial charge in [-0.3, -0.25) is 4.79 Å². The molecule has 0 radical (unpaired) electrons. The molecule has 0 bridgehead atoms. The zero-order chi connectivity index (χ0) is 15.9. The van der Waals surface area contributed by atoms with Gasteiger partial charge in [-0.2, -0.15) is 0 Å². The number of hydrogen-bond donors (Lipinski definition) is 2. The highest BCUT2D eigenvalue weighted by Crippen LogP contribution is 2.14. The molecule has 0 aliphatic carbocycles. The number of nitrogens with one attached hydrogen (secondary N) is 2. The summed E-state index contributed by atoms with van der Waals surface area (Å²) in [7, 11) is 0. The largest absolute Gasteiger partial charge is 0.384 e. The van der Waals surface area contributed by atoms with Gasteiger partial charge >= 0.3 is 0 Å². The quantitative estimate of drug-likeness (QED) is 0.859. The topological polar surface area (TPSA) is 44.4 Å². The number of amides is 1. The molecule has 0 unspecified atom stereocenters. The molecule has 2 aromatic rings. The van der Waals surface area contributed by atoms with Crippen LogP contribution in [0.25, 0.3) is 0 Å². The fraction of sp³-hybridized carbons (Fsp3) is 0.316. The second kappa shape index (κ2) is 7.79. The van der Waals surface area contributed by atoms with Gasteiger partial charge in [-0.05, 0) is 56.3 Å². The number of para-hydroxylation sites is 1. The van der Waals surface area contributed by atoms with Gasteiger partial charge in [-0.25, -0.2) is 0 Å². The molecule has 0 spiro atoms. The lowest BCUT2D eigenvalue weighted by atomic mass is 10.2. The SMILES string of the molecule is O=C(Nc1ccccc1)c1cccc(NCCN2CCCC2)c1. The second-order valence-corrected chi connectivity index (χ2v) is 5.88. The normalized spacial score (nSPS) is 14.6. The maximum atomic E-state index is 12.3. The van der Waals surface area contributed by atoms with Gasteiger partial charge in [0, 0.05) is 30.0 Å². The first-order valence-corrected chi connectivity index (χ1v) is 8.24. The Morgan fingerprint density at radius 1 is 0.957 bits per heavy atom. The molecule has 1 saturated heterocycles. The minimum atomic E-state index is -0.0839. The van der Waals surface area contributed by atoms with E-state index in [-0.39, 0.29) is 5.91 Å². The number of benzene rings is 2. The number of carbonyl (C=O) groups is 1. The van der Waals surface area contributed by atoms with E-state index >= 15 is 0 Å². The van der Waals surface area contributed by atoms with Crippen LogP contribution in [0, 0.1) is 0 Å². The van der Waals surface area contributed by atoms with E-state index < -0.39 is 0 Å². The van der Waals surface area contributed by atoms with E-state index in [2.05, 4.69) is 15.5 Å². The van der Waals surface area contributed by atoms with Gasteiger partial charge in [0.2, 0.25) is 0 Å². The summed E-state index contributed by atoms with van der Waals surface area (Å²) >= 11 is 0. The fourth-order valence-electron chi connectivity index (χ4n) is 2.86. The van der Waals surface area contributed by atoms with Crippen LogP contribution in [0.3, 0.4) is 0 Å². The molecule has 1 amide bonds. The van der Waals surface area contributed by atoms with E-state index in [4.69, 9.17) is 0 Å². The molecule has 4 nitrogen and oxygen atoms in total. The highest BCUT2D eigenvalue weighted by atomic mass is 16.1. The van der Waals surface area contributed by atoms with Crippen LogP contribution in [0.15, 0.2) is 54.6 Å². The number of anilines is 2. The minimum absolute atomic E-state index is 0.0839. The Bertz CT molecular complexity index is 636. The lowest BCUT2D eigenvalue weighted by Crippen LogP contribution is -2.26. The third-order valence-corrected chi connectivity index (χ3v) is 4.11. The van der Waals surface area contributed by atoms with Crippen molar-refractivity contribution in [3.63, 3.8) is 0 Å². The highest BCUT2D eigenvalue weighted by molar-refractivity contribution is 6.04. The Kier molecular flexibility index (Phi) is 5.27. The van der Waals surface area contributed by atoms with Gasteiger partial charge in [-0.1, -0.05) is 24.3 Å². The molecule has 23 heavy (non-hydrogen) atoms. The molecule has 120 valence electrons. The van der Waals surface area contributed by atoms with Gasteiger partial charge in [-0.15, -0.1) is 0 Å². The van der Waals surface area contributed by atoms with Crippen LogP contribution in [0.5, 0.6) is 0 Å². The van der Waals surface area contributed by atoms with Crippen LogP contribution >= 0.6 is 0 Å². The van der Waals surface area contributed by atoms with Gasteiger partial charge in [0.15, 0.2) is 0 Å². The van der Waals surface area contributed by atoms with Crippen molar-refractivity contribution in [2.75, 3.05) is 36.8 Å². The predicted molar refractivity (Wildman–Crippen MR) is 95.0 cm³/mol. The molecule has 4 heteroatoms. The summed E-state index contributed by atoms with van der Waals surface area (Å²) in [6.07, 6.45) is 2.63. The van der Waals surface area contributed by atoms with Crippen LogP contribution in [0.2, 0.25) is 0 Å². The Morgan fingerprint density at radius 2 is 1.70 bits per heavy atom. The average molecular weight is 309 g/mol. The molecule has 1 aliphatic heterocycles. The summed E-state index contributed by atoms with van der Waals surface area (Å²) in [6.45, 7) is 4.38. The number of hydrogen-bond acceptors (Lipinski definition) is 3. The molecule has 0 atom stereocenters. The lowest BCUT2D eigenvalue weighted by Gasteiger charge is -2.15. The van der Waals surface area contributed by atoms with Crippen molar-refractivity contribution in [2.45, 2.75) is 12.8 Å². The van der Waals surface area contributed by atoms with Crippen LogP contribution in [-0.2, 0) is 0 Å². The van der Waals surface area contributed by atoms with Gasteiger partial charge in [0.1, 0.15) is 0 Å². The Balaban J connectivity index is 1.54. The third kappa shape index (κ3) is 4.57. The maximum absolute atomic E-state index is 12.3. The predicted octanol–water partition coefficient (Wildman–Crippen LogP) is 3.45. The number of carbonyl (C=O) groups excluding carboxylic acids is 1. The minimum Gasteiger partial charge on any atom is -0.384 e. The summed E-state index contributed by atoms with van der Waals surface area (Å²) in [5.74, 6) is -0.0839. The third-order valence-electron chi connectivity index (χ3n) is 4.11. The maximum Gasteiger partial charge on any atom is 0.255 e. The van der Waals surface area contributed by atoms with Crippen LogP contribution < -0.4 is 10.6 Å². The number of likely N-dealkylation sites (tertiary alicyclic amines) is 1. The van der Waals surface area contributed by atoms with E-state index in [1.807, 2.05) is 54.6 Å². The summed E-state index contributed by atoms with van der Waals surface area (Å²) in [4.78, 5) is 14.8. The molecule has 2 N–H and O–H groups in total. The van der Waals surface area contributed by atoms with Crippen LogP contribution in [0.1, 0.15) is 23.2 Å². The first-order chi connectivity index (χ1) is 11.3. The standard InChI is InChI=1S/C19H23N3O/c23-19(21-17-8-2-1-3-9-17)16-7-6-10-18(15-16)20-11-14-22-12-4-5-13-22/h1-3,6-10,15,20H,4-5,11-14H2,(H,21,23). The van der Waals surface area contributed by atoms with E-state index in [1.165, 1.54) is 25.9 Å². The summed E-state index contributed by atoms with van der Waals surface area (Å²) in [6, 6.07) is 17.2. The molecular formula is C19H23N3O. The van der Waals surface area contributed by atoms with E-state index in [0.29, 0.717) is 5.56 Å². The highest BCUT2D eigenvalue weighted by Gasteiger charge is 2.10. The first kappa shape index (κ1) is 15.6. The lowest BCUT2D eigenvalue weighted by molar-refractivity contribution is 0.102. The van der Waals surface area contributed by atoms with Crippen molar-refractivity contribution >= 4 is 17.3 Å². The summed E-state index contributed by atoms with van der Waals surface area (Å²) in [5, 5.41) is 6.32. The molecule has 1 aliphatic rings. The van der Waals surface area contributed by atoms with E-state index in [9.17, 15) is 4.79 Å². The summed E-state index contributed by atoms with van der Waals surface area (Å²) < 4.78 is 0. The molecule has 0 aromatic heterocycles. The molecule has 3 rings (SSSR count). The Hall–Kier alpha value is -2.33. The Morgan fingerprint density at radius 3 is 2.48 bits per heavy atom. The van der Waals surface area contributed by atoms with Crippen molar-refractivity contribution in [2.24, 2.45) is 0 Å². The van der Waals surface area contributed by atoms with Crippen molar-refractivity contribution in [3.05, 3.63) is 60.2 Å². The molecule has 2 aromatic carbocycles. The van der Waals surface area contributed by atoms with E-state index in [0.717, 1.165) is 24.5 Å². The van der Waals surface area contributed by atoms with Crippen LogP contribution in [0.4, 0.5) is 11.4 Å². The zero-order valence-corrected chi connectivity index (χ0v) is 13.3. The smallest absolute Gasteiger partial charge is 0.255 e. The Labute approximate surface area is 137 Å². The zero-order valence-electron chi connectivity index (χ0n) is 13.3. The van der Waals surface area contributed by atoms with Gasteiger partial charge < -0.3 is 15.5 Å².